The molecule has 0 spiro atoms. The highest BCUT2D eigenvalue weighted by molar-refractivity contribution is 8.26. The summed E-state index contributed by atoms with van der Waals surface area (Å²) in [5, 5.41) is 0.695. The molecule has 190 valence electrons. The van der Waals surface area contributed by atoms with E-state index in [1.165, 1.54) is 31.0 Å². The number of thiocarbonyl (C=S) groups is 1. The Labute approximate surface area is 227 Å². The summed E-state index contributed by atoms with van der Waals surface area (Å²) in [7, 11) is 0. The van der Waals surface area contributed by atoms with Crippen LogP contribution >= 0.6 is 35.6 Å². The van der Waals surface area contributed by atoms with Gasteiger partial charge in [0, 0.05) is 35.8 Å². The van der Waals surface area contributed by atoms with E-state index in [9.17, 15) is 4.79 Å². The van der Waals surface area contributed by atoms with Crippen molar-refractivity contribution < 1.29 is 13.9 Å². The van der Waals surface area contributed by atoms with Crippen molar-refractivity contribution in [3.63, 3.8) is 0 Å². The van der Waals surface area contributed by atoms with E-state index >= 15 is 0 Å². The number of carbonyl (C=O) groups is 1. The van der Waals surface area contributed by atoms with Gasteiger partial charge in [-0.1, -0.05) is 42.0 Å². The van der Waals surface area contributed by atoms with Crippen molar-refractivity contribution in [3.8, 4) is 11.3 Å². The van der Waals surface area contributed by atoms with Crippen LogP contribution in [0.5, 0.6) is 0 Å². The van der Waals surface area contributed by atoms with Gasteiger partial charge in [0.05, 0.1) is 18.1 Å². The lowest BCUT2D eigenvalue weighted by Gasteiger charge is -2.30. The van der Waals surface area contributed by atoms with Crippen LogP contribution in [0.4, 0.5) is 0 Å². The van der Waals surface area contributed by atoms with Crippen LogP contribution in [-0.2, 0) is 16.0 Å². The quantitative estimate of drug-likeness (QED) is 0.304. The smallest absolute Gasteiger partial charge is 0.266 e. The summed E-state index contributed by atoms with van der Waals surface area (Å²) in [6, 6.07) is 10.1. The summed E-state index contributed by atoms with van der Waals surface area (Å²) in [6.07, 6.45) is 8.70. The summed E-state index contributed by atoms with van der Waals surface area (Å²) >= 11 is 13.2. The fourth-order valence-electron chi connectivity index (χ4n) is 6.25. The number of hydrogen-bond donors (Lipinski definition) is 0. The zero-order chi connectivity index (χ0) is 24.6. The molecular weight excluding hydrogens is 512 g/mol. The molecule has 0 N–H and O–H groups in total. The molecule has 3 unspecified atom stereocenters. The molecule has 2 aliphatic heterocycles. The molecule has 3 atom stereocenters. The van der Waals surface area contributed by atoms with E-state index in [4.69, 9.17) is 33.0 Å². The zero-order valence-electron chi connectivity index (χ0n) is 20.3. The fraction of sp³-hybridized carbons (Fsp3) is 0.500. The van der Waals surface area contributed by atoms with Crippen LogP contribution in [0.3, 0.4) is 0 Å². The summed E-state index contributed by atoms with van der Waals surface area (Å²) in [5.41, 5.74) is 2.10. The van der Waals surface area contributed by atoms with E-state index < -0.39 is 0 Å². The molecule has 0 radical (unpaired) electrons. The van der Waals surface area contributed by atoms with Gasteiger partial charge in [0.25, 0.3) is 5.91 Å². The summed E-state index contributed by atoms with van der Waals surface area (Å²) in [6.45, 7) is 4.61. The van der Waals surface area contributed by atoms with E-state index in [0.717, 1.165) is 80.7 Å². The van der Waals surface area contributed by atoms with Crippen molar-refractivity contribution in [1.29, 1.82) is 0 Å². The van der Waals surface area contributed by atoms with Crippen molar-refractivity contribution in [2.24, 2.45) is 11.8 Å². The first-order valence-electron chi connectivity index (χ1n) is 13.0. The third-order valence-corrected chi connectivity index (χ3v) is 9.70. The Morgan fingerprint density at radius 2 is 1.94 bits per heavy atom. The van der Waals surface area contributed by atoms with Gasteiger partial charge >= 0.3 is 0 Å². The second-order valence-electron chi connectivity index (χ2n) is 10.4. The van der Waals surface area contributed by atoms with Crippen molar-refractivity contribution in [2.75, 3.05) is 32.8 Å². The highest BCUT2D eigenvalue weighted by Gasteiger charge is 2.48. The lowest BCUT2D eigenvalue weighted by molar-refractivity contribution is -0.124. The third kappa shape index (κ3) is 5.05. The first-order chi connectivity index (χ1) is 17.5. The third-order valence-electron chi connectivity index (χ3n) is 8.11. The maximum atomic E-state index is 13.5. The summed E-state index contributed by atoms with van der Waals surface area (Å²) in [5.74, 6) is 2.97. The van der Waals surface area contributed by atoms with Gasteiger partial charge < -0.3 is 9.15 Å². The molecule has 4 fully saturated rings. The predicted molar refractivity (Wildman–Crippen MR) is 149 cm³/mol. The van der Waals surface area contributed by atoms with Gasteiger partial charge in [0.2, 0.25) is 0 Å². The molecule has 2 bridgehead atoms. The van der Waals surface area contributed by atoms with Crippen LogP contribution in [0, 0.1) is 11.8 Å². The zero-order valence-corrected chi connectivity index (χ0v) is 22.7. The van der Waals surface area contributed by atoms with Gasteiger partial charge in [0.15, 0.2) is 0 Å². The molecule has 2 aliphatic carbocycles. The number of morpholine rings is 1. The Hall–Kier alpha value is -1.64. The number of amides is 1. The standard InChI is InChI=1S/C28H31ClN2O3S2/c29-22-7-5-19(6-8-22)24-16-21(2-1-9-30-10-12-33-13-11-30)25(34-24)17-26-27(32)31(28(35)36-26)23-15-18-3-4-20(23)14-18/h5-8,16-18,20,23H,1-4,9-15H2/b26-17-. The molecule has 2 saturated heterocycles. The Morgan fingerprint density at radius 3 is 2.67 bits per heavy atom. The molecule has 4 aliphatic rings. The van der Waals surface area contributed by atoms with Gasteiger partial charge in [0.1, 0.15) is 15.8 Å². The molecule has 1 aromatic carbocycles. The number of benzene rings is 1. The first kappa shape index (κ1) is 24.7. The lowest BCUT2D eigenvalue weighted by atomic mass is 9.94. The van der Waals surface area contributed by atoms with Crippen molar-refractivity contribution in [2.45, 2.75) is 44.6 Å². The summed E-state index contributed by atoms with van der Waals surface area (Å²) in [4.78, 5) is 18.5. The van der Waals surface area contributed by atoms with Crippen LogP contribution in [0.2, 0.25) is 5.02 Å². The molecule has 5 nitrogen and oxygen atoms in total. The first-order valence-corrected chi connectivity index (χ1v) is 14.6. The van der Waals surface area contributed by atoms with E-state index in [1.807, 2.05) is 35.2 Å². The number of ether oxygens (including phenoxy) is 1. The fourth-order valence-corrected chi connectivity index (χ4v) is 7.72. The molecular formula is C28H31ClN2O3S2. The minimum Gasteiger partial charge on any atom is -0.456 e. The number of thioether (sulfide) groups is 1. The normalized spacial score (nSPS) is 27.6. The van der Waals surface area contributed by atoms with Crippen LogP contribution in [-0.4, -0.2) is 58.9 Å². The van der Waals surface area contributed by atoms with Gasteiger partial charge in [-0.15, -0.1) is 0 Å². The Bertz CT molecular complexity index is 1170. The number of hydrogen-bond acceptors (Lipinski definition) is 6. The SMILES string of the molecule is O=C1/C(=C/c2oc(-c3ccc(Cl)cc3)cc2CCCN2CCOCC2)SC(=S)N1C1CC2CCC1C2. The van der Waals surface area contributed by atoms with Crippen molar-refractivity contribution in [3.05, 3.63) is 51.6 Å². The van der Waals surface area contributed by atoms with Gasteiger partial charge in [-0.2, -0.15) is 0 Å². The number of rotatable bonds is 7. The molecule has 2 saturated carbocycles. The van der Waals surface area contributed by atoms with Crippen LogP contribution in [0.25, 0.3) is 17.4 Å². The molecule has 8 heteroatoms. The molecule has 36 heavy (non-hydrogen) atoms. The van der Waals surface area contributed by atoms with E-state index in [-0.39, 0.29) is 11.9 Å². The second-order valence-corrected chi connectivity index (χ2v) is 12.5. The maximum absolute atomic E-state index is 13.5. The minimum absolute atomic E-state index is 0.0475. The lowest BCUT2D eigenvalue weighted by Crippen LogP contribution is -2.41. The molecule has 6 rings (SSSR count). The number of furan rings is 1. The molecule has 2 aromatic rings. The van der Waals surface area contributed by atoms with Crippen molar-refractivity contribution in [1.82, 2.24) is 9.80 Å². The van der Waals surface area contributed by atoms with E-state index in [1.54, 1.807) is 0 Å². The van der Waals surface area contributed by atoms with Gasteiger partial charge in [-0.05, 0) is 86.4 Å². The number of aryl methyl sites for hydroxylation is 1. The Balaban J connectivity index is 1.24. The average Bonchev–Trinajstić information content (AvgIpc) is 3.66. The maximum Gasteiger partial charge on any atom is 0.266 e. The molecule has 1 amide bonds. The van der Waals surface area contributed by atoms with Crippen molar-refractivity contribution >= 4 is 51.9 Å². The van der Waals surface area contributed by atoms with Crippen LogP contribution in [0.15, 0.2) is 39.7 Å². The minimum atomic E-state index is 0.0475. The van der Waals surface area contributed by atoms with Gasteiger partial charge in [-0.3, -0.25) is 14.6 Å². The monoisotopic (exact) mass is 542 g/mol. The van der Waals surface area contributed by atoms with E-state index in [0.29, 0.717) is 20.2 Å². The average molecular weight is 543 g/mol. The second kappa shape index (κ2) is 10.6. The summed E-state index contributed by atoms with van der Waals surface area (Å²) < 4.78 is 12.5. The number of carbonyl (C=O) groups excluding carboxylic acids is 1. The van der Waals surface area contributed by atoms with E-state index in [2.05, 4.69) is 11.0 Å². The number of halogens is 1. The highest BCUT2D eigenvalue weighted by Crippen LogP contribution is 2.49. The highest BCUT2D eigenvalue weighted by atomic mass is 35.5. The molecule has 1 aromatic heterocycles. The number of fused-ring (bicyclic) bond motifs is 2. The van der Waals surface area contributed by atoms with Crippen LogP contribution in [0.1, 0.15) is 43.4 Å². The Kier molecular flexibility index (Phi) is 7.28. The Morgan fingerprint density at radius 1 is 1.14 bits per heavy atom. The topological polar surface area (TPSA) is 45.9 Å². The van der Waals surface area contributed by atoms with Gasteiger partial charge in [-0.25, -0.2) is 0 Å². The number of nitrogens with zero attached hydrogens (tertiary/aromatic N) is 2. The molecule has 3 heterocycles. The predicted octanol–water partition coefficient (Wildman–Crippen LogP) is 6.25. The van der Waals surface area contributed by atoms with Crippen LogP contribution < -0.4 is 0 Å². The largest absolute Gasteiger partial charge is 0.456 e.